The highest BCUT2D eigenvalue weighted by Gasteiger charge is 2.26. The summed E-state index contributed by atoms with van der Waals surface area (Å²) >= 11 is 0. The van der Waals surface area contributed by atoms with Gasteiger partial charge in [0.15, 0.2) is 11.5 Å². The van der Waals surface area contributed by atoms with E-state index in [0.29, 0.717) is 17.5 Å². The van der Waals surface area contributed by atoms with Crippen molar-refractivity contribution in [2.45, 2.75) is 12.5 Å². The van der Waals surface area contributed by atoms with Crippen LogP contribution in [-0.4, -0.2) is 54.2 Å². The highest BCUT2D eigenvalue weighted by molar-refractivity contribution is 5.87. The van der Waals surface area contributed by atoms with Gasteiger partial charge < -0.3 is 20.6 Å². The maximum Gasteiger partial charge on any atom is 0.354 e. The predicted molar refractivity (Wildman–Crippen MR) is 69.9 cm³/mol. The van der Waals surface area contributed by atoms with Gasteiger partial charge in [0.1, 0.15) is 0 Å². The zero-order valence-electron chi connectivity index (χ0n) is 10.6. The molecule has 3 N–H and O–H groups in total. The van der Waals surface area contributed by atoms with Crippen LogP contribution in [0.4, 0.5) is 11.5 Å². The number of carboxylic acid groups (broad SMARTS) is 1. The molecule has 1 fully saturated rings. The first-order chi connectivity index (χ1) is 8.49. The molecule has 1 atom stereocenters. The molecule has 0 bridgehead atoms. The Labute approximate surface area is 106 Å². The molecule has 1 aromatic rings. The van der Waals surface area contributed by atoms with Gasteiger partial charge in [0.25, 0.3) is 0 Å². The van der Waals surface area contributed by atoms with Crippen molar-refractivity contribution >= 4 is 17.5 Å². The number of aromatic carboxylic acids is 1. The smallest absolute Gasteiger partial charge is 0.354 e. The number of nitrogen functional groups attached to an aromatic ring is 1. The summed E-state index contributed by atoms with van der Waals surface area (Å²) < 4.78 is 0. The Morgan fingerprint density at radius 3 is 2.83 bits per heavy atom. The Morgan fingerprint density at radius 1 is 1.56 bits per heavy atom. The Morgan fingerprint density at radius 2 is 2.28 bits per heavy atom. The number of hydrogen-bond acceptors (Lipinski definition) is 5. The monoisotopic (exact) mass is 250 g/mol. The summed E-state index contributed by atoms with van der Waals surface area (Å²) in [5.41, 5.74) is 6.44. The van der Waals surface area contributed by atoms with Crippen LogP contribution >= 0.6 is 0 Å². The first-order valence-electron chi connectivity index (χ1n) is 5.90. The van der Waals surface area contributed by atoms with E-state index in [1.807, 2.05) is 19.0 Å². The molecule has 1 aromatic heterocycles. The van der Waals surface area contributed by atoms with Gasteiger partial charge in [-0.15, -0.1) is 0 Å². The van der Waals surface area contributed by atoms with Crippen LogP contribution in [0.15, 0.2) is 12.1 Å². The number of hydrogen-bond donors (Lipinski definition) is 2. The summed E-state index contributed by atoms with van der Waals surface area (Å²) in [5.74, 6) is -0.446. The van der Waals surface area contributed by atoms with Gasteiger partial charge in [-0.3, -0.25) is 0 Å². The second-order valence-corrected chi connectivity index (χ2v) is 4.77. The van der Waals surface area contributed by atoms with E-state index in [1.165, 1.54) is 6.07 Å². The zero-order chi connectivity index (χ0) is 13.3. The van der Waals surface area contributed by atoms with Crippen molar-refractivity contribution < 1.29 is 9.90 Å². The highest BCUT2D eigenvalue weighted by atomic mass is 16.4. The zero-order valence-corrected chi connectivity index (χ0v) is 10.6. The van der Waals surface area contributed by atoms with Gasteiger partial charge in [0.05, 0.1) is 5.69 Å². The lowest BCUT2D eigenvalue weighted by molar-refractivity contribution is 0.0690. The fourth-order valence-corrected chi connectivity index (χ4v) is 2.19. The molecule has 0 radical (unpaired) electrons. The van der Waals surface area contributed by atoms with Crippen LogP contribution in [0, 0.1) is 0 Å². The Bertz CT molecular complexity index is 461. The Kier molecular flexibility index (Phi) is 3.38. The number of carboxylic acids is 1. The lowest BCUT2D eigenvalue weighted by Gasteiger charge is -2.22. The maximum absolute atomic E-state index is 10.9. The molecule has 18 heavy (non-hydrogen) atoms. The second-order valence-electron chi connectivity index (χ2n) is 4.77. The number of aromatic nitrogens is 1. The fourth-order valence-electron chi connectivity index (χ4n) is 2.19. The van der Waals surface area contributed by atoms with Gasteiger partial charge in [-0.25, -0.2) is 9.78 Å². The molecule has 1 aliphatic rings. The first kappa shape index (κ1) is 12.6. The van der Waals surface area contributed by atoms with E-state index < -0.39 is 5.97 Å². The summed E-state index contributed by atoms with van der Waals surface area (Å²) in [6.45, 7) is 1.68. The van der Waals surface area contributed by atoms with E-state index in [4.69, 9.17) is 10.8 Å². The highest BCUT2D eigenvalue weighted by Crippen LogP contribution is 2.26. The molecule has 6 nitrogen and oxygen atoms in total. The number of rotatable bonds is 3. The van der Waals surface area contributed by atoms with Crippen LogP contribution < -0.4 is 10.6 Å². The Balaban J connectivity index is 2.23. The molecule has 0 spiro atoms. The van der Waals surface area contributed by atoms with Gasteiger partial charge in [-0.2, -0.15) is 0 Å². The number of nitrogens with two attached hydrogens (primary N) is 1. The maximum atomic E-state index is 10.9. The van der Waals surface area contributed by atoms with E-state index in [0.717, 1.165) is 19.5 Å². The largest absolute Gasteiger partial charge is 0.477 e. The number of anilines is 2. The van der Waals surface area contributed by atoms with E-state index >= 15 is 0 Å². The van der Waals surface area contributed by atoms with Gasteiger partial charge in [-0.1, -0.05) is 0 Å². The van der Waals surface area contributed by atoms with Gasteiger partial charge in [0, 0.05) is 19.1 Å². The molecule has 1 unspecified atom stereocenters. The molecule has 0 aliphatic carbocycles. The molecule has 2 heterocycles. The van der Waals surface area contributed by atoms with Crippen LogP contribution in [0.5, 0.6) is 0 Å². The topological polar surface area (TPSA) is 82.7 Å². The third-order valence-electron chi connectivity index (χ3n) is 3.32. The molecular formula is C12H18N4O2. The van der Waals surface area contributed by atoms with E-state index in [2.05, 4.69) is 9.88 Å². The lowest BCUT2D eigenvalue weighted by Crippen LogP contribution is -2.32. The second kappa shape index (κ2) is 4.81. The third-order valence-corrected chi connectivity index (χ3v) is 3.32. The average molecular weight is 250 g/mol. The number of carbonyl (C=O) groups is 1. The summed E-state index contributed by atoms with van der Waals surface area (Å²) in [7, 11) is 4.08. The van der Waals surface area contributed by atoms with Crippen molar-refractivity contribution in [2.24, 2.45) is 0 Å². The molecule has 6 heteroatoms. The SMILES string of the molecule is CN(C)C1CCN(c2nc(C(=O)O)ccc2N)C1. The third kappa shape index (κ3) is 2.38. The molecule has 2 rings (SSSR count). The Hall–Kier alpha value is -1.82. The van der Waals surface area contributed by atoms with Crippen LogP contribution in [0.1, 0.15) is 16.9 Å². The van der Waals surface area contributed by atoms with E-state index in [1.54, 1.807) is 6.07 Å². The first-order valence-corrected chi connectivity index (χ1v) is 5.90. The minimum absolute atomic E-state index is 0.0347. The summed E-state index contributed by atoms with van der Waals surface area (Å²) in [6, 6.07) is 3.50. The standard InChI is InChI=1S/C12H18N4O2/c1-15(2)8-5-6-16(7-8)11-9(13)3-4-10(14-11)12(17)18/h3-4,8H,5-7,13H2,1-2H3,(H,17,18). The van der Waals surface area contributed by atoms with Gasteiger partial charge in [-0.05, 0) is 32.6 Å². The molecule has 1 saturated heterocycles. The molecular weight excluding hydrogens is 232 g/mol. The van der Waals surface area contributed by atoms with Crippen molar-refractivity contribution in [3.8, 4) is 0 Å². The molecule has 0 saturated carbocycles. The quantitative estimate of drug-likeness (QED) is 0.813. The van der Waals surface area contributed by atoms with Crippen molar-refractivity contribution in [3.05, 3.63) is 17.8 Å². The van der Waals surface area contributed by atoms with E-state index in [9.17, 15) is 4.79 Å². The van der Waals surface area contributed by atoms with Crippen LogP contribution in [0.2, 0.25) is 0 Å². The minimum atomic E-state index is -1.03. The lowest BCUT2D eigenvalue weighted by atomic mass is 10.2. The van der Waals surface area contributed by atoms with Crippen molar-refractivity contribution in [2.75, 3.05) is 37.8 Å². The fraction of sp³-hybridized carbons (Fsp3) is 0.500. The normalized spacial score (nSPS) is 19.5. The van der Waals surface area contributed by atoms with Crippen molar-refractivity contribution in [1.82, 2.24) is 9.88 Å². The summed E-state index contributed by atoms with van der Waals surface area (Å²) in [5, 5.41) is 8.95. The summed E-state index contributed by atoms with van der Waals surface area (Å²) in [6.07, 6.45) is 1.03. The van der Waals surface area contributed by atoms with Crippen molar-refractivity contribution in [1.29, 1.82) is 0 Å². The molecule has 1 aliphatic heterocycles. The minimum Gasteiger partial charge on any atom is -0.477 e. The number of likely N-dealkylation sites (N-methyl/N-ethyl adjacent to an activating group) is 1. The predicted octanol–water partition coefficient (Wildman–Crippen LogP) is 0.502. The van der Waals surface area contributed by atoms with Crippen molar-refractivity contribution in [3.63, 3.8) is 0 Å². The van der Waals surface area contributed by atoms with Crippen LogP contribution in [-0.2, 0) is 0 Å². The van der Waals surface area contributed by atoms with Gasteiger partial charge in [0.2, 0.25) is 0 Å². The van der Waals surface area contributed by atoms with E-state index in [-0.39, 0.29) is 5.69 Å². The summed E-state index contributed by atoms with van der Waals surface area (Å²) in [4.78, 5) is 19.3. The van der Waals surface area contributed by atoms with Gasteiger partial charge >= 0.3 is 5.97 Å². The molecule has 98 valence electrons. The van der Waals surface area contributed by atoms with Crippen LogP contribution in [0.3, 0.4) is 0 Å². The van der Waals surface area contributed by atoms with Crippen LogP contribution in [0.25, 0.3) is 0 Å². The average Bonchev–Trinajstić information content (AvgIpc) is 2.78. The molecule has 0 aromatic carbocycles. The molecule has 0 amide bonds. The number of nitrogens with zero attached hydrogens (tertiary/aromatic N) is 3. The number of pyridine rings is 1.